The third-order valence-corrected chi connectivity index (χ3v) is 9.22. The molecule has 0 aliphatic heterocycles. The van der Waals surface area contributed by atoms with Gasteiger partial charge in [-0.3, -0.25) is 14.4 Å². The van der Waals surface area contributed by atoms with Gasteiger partial charge in [-0.1, -0.05) is 207 Å². The third kappa shape index (κ3) is 43.2. The molecule has 1 atom stereocenters. The highest BCUT2D eigenvalue weighted by Gasteiger charge is 2.19. The van der Waals surface area contributed by atoms with Crippen molar-refractivity contribution in [3.05, 3.63) is 109 Å². The number of rotatable bonds is 39. The van der Waals surface area contributed by atoms with Crippen LogP contribution < -0.4 is 0 Å². The highest BCUT2D eigenvalue weighted by atomic mass is 16.6. The van der Waals surface area contributed by atoms with Crippen LogP contribution in [-0.2, 0) is 28.6 Å². The Morgan fingerprint density at radius 2 is 0.759 bits per heavy atom. The summed E-state index contributed by atoms with van der Waals surface area (Å²) in [6.45, 7) is 6.26. The molecule has 0 saturated heterocycles. The largest absolute Gasteiger partial charge is 0.462 e. The smallest absolute Gasteiger partial charge is 0.306 e. The first-order valence-corrected chi connectivity index (χ1v) is 23.0. The zero-order chi connectivity index (χ0) is 42.3. The van der Waals surface area contributed by atoms with Crippen molar-refractivity contribution in [1.29, 1.82) is 0 Å². The van der Waals surface area contributed by atoms with Gasteiger partial charge in [-0.2, -0.15) is 0 Å². The Kier molecular flexibility index (Phi) is 42.7. The van der Waals surface area contributed by atoms with Crippen LogP contribution in [-0.4, -0.2) is 37.2 Å². The monoisotopic (exact) mass is 803 g/mol. The molecule has 0 heterocycles. The second kappa shape index (κ2) is 45.8. The summed E-state index contributed by atoms with van der Waals surface area (Å²) >= 11 is 0. The van der Waals surface area contributed by atoms with Crippen molar-refractivity contribution >= 4 is 17.9 Å². The fraction of sp³-hybridized carbons (Fsp3) is 0.596. The molecule has 0 aliphatic carbocycles. The lowest BCUT2D eigenvalue weighted by molar-refractivity contribution is -0.167. The van der Waals surface area contributed by atoms with E-state index in [9.17, 15) is 14.4 Å². The van der Waals surface area contributed by atoms with Crippen LogP contribution in [0.5, 0.6) is 0 Å². The van der Waals surface area contributed by atoms with Crippen LogP contribution in [0.1, 0.15) is 181 Å². The first kappa shape index (κ1) is 54.1. The molecular formula is C52H82O6. The Hall–Kier alpha value is -3.93. The molecule has 0 amide bonds. The first-order valence-electron chi connectivity index (χ1n) is 23.0. The normalized spacial score (nSPS) is 13.1. The number of carbonyl (C=O) groups excluding carboxylic acids is 3. The lowest BCUT2D eigenvalue weighted by atomic mass is 10.0. The molecule has 6 nitrogen and oxygen atoms in total. The maximum absolute atomic E-state index is 12.7. The molecule has 0 aromatic carbocycles. The van der Waals surface area contributed by atoms with Gasteiger partial charge in [0.25, 0.3) is 0 Å². The van der Waals surface area contributed by atoms with Gasteiger partial charge < -0.3 is 14.2 Å². The van der Waals surface area contributed by atoms with Crippen LogP contribution in [0.3, 0.4) is 0 Å². The second-order valence-electron chi connectivity index (χ2n) is 14.7. The Bertz CT molecular complexity index is 1240. The van der Waals surface area contributed by atoms with E-state index in [1.807, 2.05) is 72.9 Å². The van der Waals surface area contributed by atoms with Gasteiger partial charge in [0.05, 0.1) is 0 Å². The van der Waals surface area contributed by atoms with Gasteiger partial charge in [0.15, 0.2) is 6.10 Å². The van der Waals surface area contributed by atoms with Gasteiger partial charge in [-0.15, -0.1) is 0 Å². The standard InChI is InChI=1S/C52H82O6/c1-4-7-10-13-16-19-21-23-24-25-26-27-28-29-31-33-36-39-42-45-51(54)57-48-49(47-56-50(53)44-41-38-35-32-18-15-12-9-6-3)58-52(55)46-43-40-37-34-30-22-20-17-14-11-8-5-2/h7,9-10,12-13,16,18-19,21,23-29,31-32,49H,4-6,8,11,14-15,17,20,22,30,33-48H2,1-3H3/b10-7-,12-9-,16-13-,21-19-,24-23-,26-25+,28-27-,31-29-,32-18-. The van der Waals surface area contributed by atoms with Crippen LogP contribution in [0.4, 0.5) is 0 Å². The summed E-state index contributed by atoms with van der Waals surface area (Å²) in [6.07, 6.45) is 60.8. The lowest BCUT2D eigenvalue weighted by Gasteiger charge is -2.18. The second-order valence-corrected chi connectivity index (χ2v) is 14.7. The molecule has 1 unspecified atom stereocenters. The number of esters is 3. The summed E-state index contributed by atoms with van der Waals surface area (Å²) in [7, 11) is 0. The van der Waals surface area contributed by atoms with Crippen LogP contribution in [0.25, 0.3) is 0 Å². The van der Waals surface area contributed by atoms with Gasteiger partial charge in [-0.05, 0) is 64.2 Å². The molecule has 0 aromatic heterocycles. The summed E-state index contributed by atoms with van der Waals surface area (Å²) < 4.78 is 16.6. The first-order chi connectivity index (χ1) is 28.5. The maximum atomic E-state index is 12.7. The van der Waals surface area contributed by atoms with Gasteiger partial charge >= 0.3 is 17.9 Å². The van der Waals surface area contributed by atoms with Crippen molar-refractivity contribution in [2.45, 2.75) is 187 Å². The van der Waals surface area contributed by atoms with Crippen LogP contribution in [0.2, 0.25) is 0 Å². The van der Waals surface area contributed by atoms with E-state index in [1.165, 1.54) is 57.8 Å². The maximum Gasteiger partial charge on any atom is 0.306 e. The number of hydrogen-bond acceptors (Lipinski definition) is 6. The van der Waals surface area contributed by atoms with Crippen molar-refractivity contribution < 1.29 is 28.6 Å². The van der Waals surface area contributed by atoms with E-state index >= 15 is 0 Å². The van der Waals surface area contributed by atoms with E-state index in [2.05, 4.69) is 57.2 Å². The average Bonchev–Trinajstić information content (AvgIpc) is 3.22. The molecule has 0 fully saturated rings. The quantitative estimate of drug-likeness (QED) is 0.0202. The number of allylic oxidation sites excluding steroid dienone is 18. The molecule has 0 aliphatic rings. The molecule has 0 N–H and O–H groups in total. The highest BCUT2D eigenvalue weighted by Crippen LogP contribution is 2.14. The fourth-order valence-corrected chi connectivity index (χ4v) is 5.81. The number of ether oxygens (including phenoxy) is 3. The van der Waals surface area contributed by atoms with E-state index in [1.54, 1.807) is 0 Å². The van der Waals surface area contributed by atoms with Gasteiger partial charge in [0, 0.05) is 19.3 Å². The van der Waals surface area contributed by atoms with Crippen molar-refractivity contribution in [1.82, 2.24) is 0 Å². The molecule has 0 aromatic rings. The average molecular weight is 803 g/mol. The SMILES string of the molecule is CC\C=C/C=C\C=C/C=C\C=C\C=C/C=C\CCCCCC(=O)OCC(COC(=O)CCCC/C=C\C/C=C\CC)OC(=O)CCCCCCCCCCCCCC. The minimum atomic E-state index is -0.807. The number of hydrogen-bond donors (Lipinski definition) is 0. The summed E-state index contributed by atoms with van der Waals surface area (Å²) in [4.78, 5) is 37.7. The van der Waals surface area contributed by atoms with Crippen LogP contribution >= 0.6 is 0 Å². The lowest BCUT2D eigenvalue weighted by Crippen LogP contribution is -2.30. The summed E-state index contributed by atoms with van der Waals surface area (Å²) in [5.74, 6) is -1.00. The van der Waals surface area contributed by atoms with E-state index in [-0.39, 0.29) is 31.1 Å². The predicted octanol–water partition coefficient (Wildman–Crippen LogP) is 14.8. The van der Waals surface area contributed by atoms with Crippen molar-refractivity contribution in [2.75, 3.05) is 13.2 Å². The Balaban J connectivity index is 4.49. The highest BCUT2D eigenvalue weighted by molar-refractivity contribution is 5.71. The fourth-order valence-electron chi connectivity index (χ4n) is 5.81. The summed E-state index contributed by atoms with van der Waals surface area (Å²) in [5.41, 5.74) is 0. The molecule has 0 saturated carbocycles. The Morgan fingerprint density at radius 3 is 1.28 bits per heavy atom. The zero-order valence-electron chi connectivity index (χ0n) is 37.0. The van der Waals surface area contributed by atoms with Crippen LogP contribution in [0, 0.1) is 0 Å². The van der Waals surface area contributed by atoms with E-state index < -0.39 is 6.10 Å². The summed E-state index contributed by atoms with van der Waals surface area (Å²) in [5, 5.41) is 0. The van der Waals surface area contributed by atoms with Crippen molar-refractivity contribution in [3.8, 4) is 0 Å². The summed E-state index contributed by atoms with van der Waals surface area (Å²) in [6, 6.07) is 0. The molecule has 58 heavy (non-hydrogen) atoms. The van der Waals surface area contributed by atoms with E-state index in [0.717, 1.165) is 83.5 Å². The molecule has 0 rings (SSSR count). The molecule has 326 valence electrons. The number of carbonyl (C=O) groups is 3. The van der Waals surface area contributed by atoms with Gasteiger partial charge in [0.1, 0.15) is 13.2 Å². The van der Waals surface area contributed by atoms with E-state index in [4.69, 9.17) is 14.2 Å². The minimum Gasteiger partial charge on any atom is -0.462 e. The van der Waals surface area contributed by atoms with Gasteiger partial charge in [-0.25, -0.2) is 0 Å². The number of unbranched alkanes of at least 4 members (excludes halogenated alkanes) is 16. The van der Waals surface area contributed by atoms with Crippen LogP contribution in [0.15, 0.2) is 109 Å². The Morgan fingerprint density at radius 1 is 0.379 bits per heavy atom. The topological polar surface area (TPSA) is 78.9 Å². The molecule has 0 radical (unpaired) electrons. The predicted molar refractivity (Wildman–Crippen MR) is 247 cm³/mol. The van der Waals surface area contributed by atoms with Crippen molar-refractivity contribution in [2.24, 2.45) is 0 Å². The molecule has 0 spiro atoms. The molecule has 0 bridgehead atoms. The third-order valence-electron chi connectivity index (χ3n) is 9.22. The molecular weight excluding hydrogens is 721 g/mol. The minimum absolute atomic E-state index is 0.111. The zero-order valence-corrected chi connectivity index (χ0v) is 37.0. The van der Waals surface area contributed by atoms with E-state index in [0.29, 0.717) is 19.3 Å². The van der Waals surface area contributed by atoms with Crippen molar-refractivity contribution in [3.63, 3.8) is 0 Å². The molecule has 6 heteroatoms. The van der Waals surface area contributed by atoms with Gasteiger partial charge in [0.2, 0.25) is 0 Å². The Labute approximate surface area is 355 Å².